The number of carbonyl (C=O) groups excluding carboxylic acids is 1. The maximum atomic E-state index is 13.0. The number of piperazine rings is 1. The zero-order chi connectivity index (χ0) is 22.6. The highest BCUT2D eigenvalue weighted by Crippen LogP contribution is 2.32. The predicted octanol–water partition coefficient (Wildman–Crippen LogP) is 4.07. The fourth-order valence-corrected chi connectivity index (χ4v) is 5.15. The monoisotopic (exact) mass is 453 g/mol. The number of nitrogens with zero attached hydrogens (tertiary/aromatic N) is 2. The van der Waals surface area contributed by atoms with Crippen LogP contribution in [0.5, 0.6) is 0 Å². The highest BCUT2D eigenvalue weighted by molar-refractivity contribution is 5.81. The summed E-state index contributed by atoms with van der Waals surface area (Å²) < 4.78 is 44.4. The number of nitrogens with one attached hydrogen (secondary N) is 1. The van der Waals surface area contributed by atoms with Gasteiger partial charge in [-0.15, -0.1) is 0 Å². The second kappa shape index (κ2) is 10.4. The van der Waals surface area contributed by atoms with E-state index in [2.05, 4.69) is 10.2 Å². The Kier molecular flexibility index (Phi) is 7.61. The Morgan fingerprint density at radius 2 is 1.81 bits per heavy atom. The molecule has 1 N–H and O–H groups in total. The zero-order valence-corrected chi connectivity index (χ0v) is 18.6. The van der Waals surface area contributed by atoms with Crippen molar-refractivity contribution in [2.45, 2.75) is 63.3 Å². The molecule has 1 aromatic carbocycles. The Morgan fingerprint density at radius 3 is 2.47 bits per heavy atom. The summed E-state index contributed by atoms with van der Waals surface area (Å²) in [6.45, 7) is 4.99. The van der Waals surface area contributed by atoms with Crippen molar-refractivity contribution in [2.24, 2.45) is 5.92 Å². The lowest BCUT2D eigenvalue weighted by atomic mass is 9.84. The van der Waals surface area contributed by atoms with E-state index in [1.807, 2.05) is 4.90 Å². The molecule has 1 aliphatic carbocycles. The molecule has 0 spiro atoms. The first-order valence-corrected chi connectivity index (χ1v) is 11.9. The molecule has 1 unspecified atom stereocenters. The molecule has 2 heterocycles. The zero-order valence-electron chi connectivity index (χ0n) is 18.6. The van der Waals surface area contributed by atoms with E-state index in [0.29, 0.717) is 18.2 Å². The van der Waals surface area contributed by atoms with E-state index in [1.165, 1.54) is 12.1 Å². The Hall–Kier alpha value is -1.80. The smallest absolute Gasteiger partial charge is 0.369 e. The lowest BCUT2D eigenvalue weighted by Crippen LogP contribution is -2.47. The number of benzene rings is 1. The third-order valence-corrected chi connectivity index (χ3v) is 7.18. The number of alkyl halides is 3. The lowest BCUT2D eigenvalue weighted by molar-refractivity contribution is -0.137. The van der Waals surface area contributed by atoms with Crippen LogP contribution < -0.4 is 10.2 Å². The number of amides is 1. The van der Waals surface area contributed by atoms with Crippen molar-refractivity contribution in [3.63, 3.8) is 0 Å². The molecule has 8 heteroatoms. The molecule has 3 fully saturated rings. The number of hydrogen-bond acceptors (Lipinski definition) is 4. The summed E-state index contributed by atoms with van der Waals surface area (Å²) in [5.74, 6) is 0.747. The summed E-state index contributed by atoms with van der Waals surface area (Å²) in [5.41, 5.74) is 0.0721. The fourth-order valence-electron chi connectivity index (χ4n) is 5.15. The van der Waals surface area contributed by atoms with Crippen molar-refractivity contribution in [2.75, 3.05) is 44.2 Å². The average Bonchev–Trinajstić information content (AvgIpc) is 3.34. The van der Waals surface area contributed by atoms with Crippen molar-refractivity contribution in [1.29, 1.82) is 0 Å². The second-order valence-corrected chi connectivity index (χ2v) is 9.39. The van der Waals surface area contributed by atoms with Gasteiger partial charge in [0, 0.05) is 44.5 Å². The first-order valence-electron chi connectivity index (χ1n) is 11.9. The lowest BCUT2D eigenvalue weighted by Gasteiger charge is -2.37. The molecule has 3 aliphatic rings. The number of hydrogen-bond donors (Lipinski definition) is 1. The molecule has 1 saturated carbocycles. The van der Waals surface area contributed by atoms with Crippen LogP contribution in [0.4, 0.5) is 18.9 Å². The molecule has 5 nitrogen and oxygen atoms in total. The number of anilines is 1. The van der Waals surface area contributed by atoms with Gasteiger partial charge >= 0.3 is 6.18 Å². The van der Waals surface area contributed by atoms with E-state index in [4.69, 9.17) is 4.74 Å². The van der Waals surface area contributed by atoms with Crippen molar-refractivity contribution in [3.8, 4) is 0 Å². The van der Waals surface area contributed by atoms with Crippen molar-refractivity contribution in [3.05, 3.63) is 29.8 Å². The van der Waals surface area contributed by atoms with Crippen molar-refractivity contribution < 1.29 is 22.7 Å². The molecule has 0 bridgehead atoms. The maximum absolute atomic E-state index is 13.0. The molecular weight excluding hydrogens is 419 g/mol. The van der Waals surface area contributed by atoms with Gasteiger partial charge in [0.05, 0.1) is 5.56 Å². The van der Waals surface area contributed by atoms with Crippen LogP contribution in [0.3, 0.4) is 0 Å². The molecule has 32 heavy (non-hydrogen) atoms. The summed E-state index contributed by atoms with van der Waals surface area (Å²) in [7, 11) is 0. The van der Waals surface area contributed by atoms with E-state index in [1.54, 1.807) is 6.07 Å². The number of ether oxygens (including phenoxy) is 1. The average molecular weight is 454 g/mol. The van der Waals surface area contributed by atoms with Gasteiger partial charge in [-0.25, -0.2) is 0 Å². The van der Waals surface area contributed by atoms with Crippen LogP contribution in [0, 0.1) is 5.92 Å². The minimum absolute atomic E-state index is 0.0598. The number of rotatable bonds is 6. The first-order chi connectivity index (χ1) is 15.4. The van der Waals surface area contributed by atoms with Gasteiger partial charge in [-0.3, -0.25) is 9.69 Å². The van der Waals surface area contributed by atoms with E-state index in [9.17, 15) is 18.0 Å². The Balaban J connectivity index is 1.14. The fraction of sp³-hybridized carbons (Fsp3) is 0.708. The maximum Gasteiger partial charge on any atom is 0.416 e. The topological polar surface area (TPSA) is 44.8 Å². The van der Waals surface area contributed by atoms with Crippen LogP contribution in [0.25, 0.3) is 0 Å². The van der Waals surface area contributed by atoms with Crippen molar-refractivity contribution in [1.82, 2.24) is 10.2 Å². The van der Waals surface area contributed by atoms with Gasteiger partial charge in [-0.2, -0.15) is 13.2 Å². The largest absolute Gasteiger partial charge is 0.416 e. The summed E-state index contributed by atoms with van der Waals surface area (Å²) in [4.78, 5) is 16.7. The molecule has 4 rings (SSSR count). The predicted molar refractivity (Wildman–Crippen MR) is 118 cm³/mol. The van der Waals surface area contributed by atoms with Crippen LogP contribution in [-0.4, -0.2) is 62.3 Å². The van der Waals surface area contributed by atoms with Gasteiger partial charge < -0.3 is 15.0 Å². The number of halogens is 3. The Morgan fingerprint density at radius 1 is 1.06 bits per heavy atom. The highest BCUT2D eigenvalue weighted by Gasteiger charge is 2.31. The summed E-state index contributed by atoms with van der Waals surface area (Å²) in [6.07, 6.45) is 2.75. The van der Waals surface area contributed by atoms with E-state index in [0.717, 1.165) is 83.7 Å². The van der Waals surface area contributed by atoms with Crippen LogP contribution >= 0.6 is 0 Å². The van der Waals surface area contributed by atoms with Gasteiger partial charge in [-0.05, 0) is 75.6 Å². The molecule has 0 aromatic heterocycles. The van der Waals surface area contributed by atoms with Crippen LogP contribution in [0.2, 0.25) is 0 Å². The van der Waals surface area contributed by atoms with E-state index in [-0.39, 0.29) is 18.1 Å². The molecule has 2 saturated heterocycles. The van der Waals surface area contributed by atoms with E-state index < -0.39 is 11.7 Å². The van der Waals surface area contributed by atoms with Gasteiger partial charge in [0.2, 0.25) is 5.91 Å². The van der Waals surface area contributed by atoms with Crippen LogP contribution in [-0.2, 0) is 15.7 Å². The quantitative estimate of drug-likeness (QED) is 0.705. The Bertz CT molecular complexity index is 751. The molecule has 1 atom stereocenters. The van der Waals surface area contributed by atoms with Crippen LogP contribution in [0.1, 0.15) is 50.5 Å². The summed E-state index contributed by atoms with van der Waals surface area (Å²) in [6, 6.07) is 5.91. The summed E-state index contributed by atoms with van der Waals surface area (Å²) in [5, 5.41) is 3.17. The molecule has 0 radical (unpaired) electrons. The number of carbonyl (C=O) groups is 1. The third-order valence-electron chi connectivity index (χ3n) is 7.18. The molecule has 178 valence electrons. The molecule has 1 aromatic rings. The Labute approximate surface area is 188 Å². The summed E-state index contributed by atoms with van der Waals surface area (Å²) >= 11 is 0. The SMILES string of the molecule is O=C(N[C@H]1CC[C@H](CCN2CCN(c3cccc(C(F)(F)F)c3)CC2)CC1)C1CCCO1. The minimum Gasteiger partial charge on any atom is -0.369 e. The van der Waals surface area contributed by atoms with Gasteiger partial charge in [-0.1, -0.05) is 6.07 Å². The molecule has 1 amide bonds. The van der Waals surface area contributed by atoms with Gasteiger partial charge in [0.1, 0.15) is 6.10 Å². The van der Waals surface area contributed by atoms with Gasteiger partial charge in [0.25, 0.3) is 0 Å². The molecular formula is C24H34F3N3O2. The third kappa shape index (κ3) is 6.16. The second-order valence-electron chi connectivity index (χ2n) is 9.39. The minimum atomic E-state index is -4.30. The van der Waals surface area contributed by atoms with Crippen LogP contribution in [0.15, 0.2) is 24.3 Å². The normalized spacial score (nSPS) is 27.5. The van der Waals surface area contributed by atoms with E-state index >= 15 is 0 Å². The first kappa shape index (κ1) is 23.4. The highest BCUT2D eigenvalue weighted by atomic mass is 19.4. The van der Waals surface area contributed by atoms with Gasteiger partial charge in [0.15, 0.2) is 0 Å². The molecule has 2 aliphatic heterocycles. The van der Waals surface area contributed by atoms with Crippen molar-refractivity contribution >= 4 is 11.6 Å². The standard InChI is InChI=1S/C24H34F3N3O2/c25-24(26,27)19-3-1-4-21(17-19)30-14-12-29(13-15-30)11-10-18-6-8-20(9-7-18)28-23(31)22-5-2-16-32-22/h1,3-4,17-18,20,22H,2,5-16H2,(H,28,31)/t18-,20-,22?.